The van der Waals surface area contributed by atoms with E-state index in [0.29, 0.717) is 25.6 Å². The highest BCUT2D eigenvalue weighted by molar-refractivity contribution is 5.84. The summed E-state index contributed by atoms with van der Waals surface area (Å²) in [7, 11) is 0. The molecule has 1 aliphatic rings. The van der Waals surface area contributed by atoms with Crippen LogP contribution in [0.3, 0.4) is 0 Å². The number of nitrogens with two attached hydrogens (primary N) is 1. The molecule has 2 aromatic heterocycles. The van der Waals surface area contributed by atoms with Gasteiger partial charge in [0.15, 0.2) is 11.4 Å². The summed E-state index contributed by atoms with van der Waals surface area (Å²) in [5, 5.41) is 5.09. The van der Waals surface area contributed by atoms with Crippen molar-refractivity contribution < 1.29 is 9.47 Å². The summed E-state index contributed by atoms with van der Waals surface area (Å²) in [6.07, 6.45) is 3.14. The minimum Gasteiger partial charge on any atom is -0.383 e. The molecule has 0 amide bonds. The summed E-state index contributed by atoms with van der Waals surface area (Å²) in [6, 6.07) is 0. The van der Waals surface area contributed by atoms with E-state index >= 15 is 0 Å². The van der Waals surface area contributed by atoms with Gasteiger partial charge < -0.3 is 15.2 Å². The normalized spacial score (nSPS) is 19.9. The van der Waals surface area contributed by atoms with Crippen molar-refractivity contribution >= 4 is 16.9 Å². The SMILES string of the molecule is CC1(C)OCC(Cn2ncc3c(N)ncnc32)CO1. The number of aromatic nitrogens is 4. The summed E-state index contributed by atoms with van der Waals surface area (Å²) in [6.45, 7) is 5.82. The average Bonchev–Trinajstić information content (AvgIpc) is 2.77. The molecule has 0 aliphatic carbocycles. The Morgan fingerprint density at radius 2 is 2.11 bits per heavy atom. The topological polar surface area (TPSA) is 88.1 Å². The molecule has 3 rings (SSSR count). The Morgan fingerprint density at radius 3 is 2.84 bits per heavy atom. The first-order valence-corrected chi connectivity index (χ1v) is 6.25. The van der Waals surface area contributed by atoms with E-state index in [9.17, 15) is 0 Å². The lowest BCUT2D eigenvalue weighted by Gasteiger charge is -2.34. The minimum absolute atomic E-state index is 0.257. The van der Waals surface area contributed by atoms with Crippen LogP contribution in [0.1, 0.15) is 13.8 Å². The van der Waals surface area contributed by atoms with Crippen LogP contribution in [-0.2, 0) is 16.0 Å². The van der Waals surface area contributed by atoms with Crippen LogP contribution in [0.15, 0.2) is 12.5 Å². The number of nitrogens with zero attached hydrogens (tertiary/aromatic N) is 4. The lowest BCUT2D eigenvalue weighted by atomic mass is 10.1. The third kappa shape index (κ3) is 2.39. The van der Waals surface area contributed by atoms with Crippen LogP contribution in [0.4, 0.5) is 5.82 Å². The van der Waals surface area contributed by atoms with Crippen LogP contribution in [0.5, 0.6) is 0 Å². The molecule has 3 heterocycles. The van der Waals surface area contributed by atoms with Crippen molar-refractivity contribution in [1.82, 2.24) is 19.7 Å². The summed E-state index contributed by atoms with van der Waals surface area (Å²) in [5.74, 6) is 0.218. The van der Waals surface area contributed by atoms with Gasteiger partial charge in [0.05, 0.1) is 31.3 Å². The zero-order valence-corrected chi connectivity index (χ0v) is 11.0. The number of hydrogen-bond acceptors (Lipinski definition) is 6. The molecule has 102 valence electrons. The number of fused-ring (bicyclic) bond motifs is 1. The summed E-state index contributed by atoms with van der Waals surface area (Å²) >= 11 is 0. The van der Waals surface area contributed by atoms with Gasteiger partial charge in [-0.25, -0.2) is 14.6 Å². The highest BCUT2D eigenvalue weighted by Gasteiger charge is 2.28. The fourth-order valence-electron chi connectivity index (χ4n) is 2.12. The van der Waals surface area contributed by atoms with Crippen molar-refractivity contribution in [3.8, 4) is 0 Å². The molecule has 7 nitrogen and oxygen atoms in total. The molecule has 7 heteroatoms. The molecular weight excluding hydrogens is 246 g/mol. The first kappa shape index (κ1) is 12.3. The van der Waals surface area contributed by atoms with E-state index in [-0.39, 0.29) is 5.92 Å². The van der Waals surface area contributed by atoms with Crippen LogP contribution in [-0.4, -0.2) is 38.7 Å². The first-order chi connectivity index (χ1) is 9.05. The molecule has 2 aromatic rings. The first-order valence-electron chi connectivity index (χ1n) is 6.25. The smallest absolute Gasteiger partial charge is 0.163 e. The Bertz CT molecular complexity index is 585. The standard InChI is InChI=1S/C12H17N5O2/c1-12(2)18-5-8(6-19-12)4-17-11-9(3-16-17)10(13)14-7-15-11/h3,7-8H,4-6H2,1-2H3,(H2,13,14,15). The molecule has 0 bridgehead atoms. The van der Waals surface area contributed by atoms with E-state index in [1.54, 1.807) is 6.20 Å². The average molecular weight is 263 g/mol. The second-order valence-corrected chi connectivity index (χ2v) is 5.21. The van der Waals surface area contributed by atoms with E-state index in [1.165, 1.54) is 6.33 Å². The zero-order valence-electron chi connectivity index (χ0n) is 11.0. The monoisotopic (exact) mass is 263 g/mol. The summed E-state index contributed by atoms with van der Waals surface area (Å²) in [5.41, 5.74) is 6.53. The highest BCUT2D eigenvalue weighted by Crippen LogP contribution is 2.23. The fraction of sp³-hybridized carbons (Fsp3) is 0.583. The zero-order chi connectivity index (χ0) is 13.5. The number of hydrogen-bond donors (Lipinski definition) is 1. The van der Waals surface area contributed by atoms with Gasteiger partial charge in [0.1, 0.15) is 12.1 Å². The van der Waals surface area contributed by atoms with Crippen molar-refractivity contribution in [1.29, 1.82) is 0 Å². The Morgan fingerprint density at radius 1 is 1.37 bits per heavy atom. The second kappa shape index (κ2) is 4.43. The van der Waals surface area contributed by atoms with E-state index in [4.69, 9.17) is 15.2 Å². The van der Waals surface area contributed by atoms with Gasteiger partial charge >= 0.3 is 0 Å². The molecule has 2 N–H and O–H groups in total. The van der Waals surface area contributed by atoms with Crippen LogP contribution >= 0.6 is 0 Å². The molecule has 0 unspecified atom stereocenters. The minimum atomic E-state index is -0.491. The predicted octanol–water partition coefficient (Wildman–Crippen LogP) is 0.808. The highest BCUT2D eigenvalue weighted by atomic mass is 16.7. The van der Waals surface area contributed by atoms with Gasteiger partial charge in [0.25, 0.3) is 0 Å². The third-order valence-corrected chi connectivity index (χ3v) is 3.23. The van der Waals surface area contributed by atoms with Crippen molar-refractivity contribution in [2.75, 3.05) is 18.9 Å². The molecule has 0 spiro atoms. The van der Waals surface area contributed by atoms with E-state index in [1.807, 2.05) is 18.5 Å². The van der Waals surface area contributed by atoms with Crippen molar-refractivity contribution in [2.45, 2.75) is 26.2 Å². The number of anilines is 1. The molecule has 0 saturated carbocycles. The fourth-order valence-corrected chi connectivity index (χ4v) is 2.12. The van der Waals surface area contributed by atoms with Gasteiger partial charge in [-0.05, 0) is 13.8 Å². The summed E-state index contributed by atoms with van der Waals surface area (Å²) in [4.78, 5) is 8.17. The number of ether oxygens (including phenoxy) is 2. The maximum absolute atomic E-state index is 5.78. The predicted molar refractivity (Wildman–Crippen MR) is 69.2 cm³/mol. The quantitative estimate of drug-likeness (QED) is 0.862. The van der Waals surface area contributed by atoms with Crippen molar-refractivity contribution in [3.05, 3.63) is 12.5 Å². The lowest BCUT2D eigenvalue weighted by Crippen LogP contribution is -2.40. The molecule has 0 aromatic carbocycles. The van der Waals surface area contributed by atoms with Crippen molar-refractivity contribution in [2.24, 2.45) is 5.92 Å². The Kier molecular flexibility index (Phi) is 2.87. The molecule has 0 atom stereocenters. The van der Waals surface area contributed by atoms with Gasteiger partial charge in [0.2, 0.25) is 0 Å². The number of nitrogen functional groups attached to an aromatic ring is 1. The van der Waals surface area contributed by atoms with Crippen LogP contribution < -0.4 is 5.73 Å². The molecule has 19 heavy (non-hydrogen) atoms. The van der Waals surface area contributed by atoms with Gasteiger partial charge in [-0.2, -0.15) is 5.10 Å². The molecule has 1 aliphatic heterocycles. The summed E-state index contributed by atoms with van der Waals surface area (Å²) < 4.78 is 13.1. The maximum Gasteiger partial charge on any atom is 0.163 e. The molecule has 0 radical (unpaired) electrons. The van der Waals surface area contributed by atoms with E-state index in [2.05, 4.69) is 15.1 Å². The molecular formula is C12H17N5O2. The Labute approximate surface area is 110 Å². The van der Waals surface area contributed by atoms with E-state index < -0.39 is 5.79 Å². The number of rotatable bonds is 2. The lowest BCUT2D eigenvalue weighted by molar-refractivity contribution is -0.263. The Hall–Kier alpha value is -1.73. The molecule has 1 fully saturated rings. The van der Waals surface area contributed by atoms with Crippen LogP contribution in [0.25, 0.3) is 11.0 Å². The van der Waals surface area contributed by atoms with Crippen LogP contribution in [0.2, 0.25) is 0 Å². The van der Waals surface area contributed by atoms with Gasteiger partial charge in [-0.15, -0.1) is 0 Å². The second-order valence-electron chi connectivity index (χ2n) is 5.21. The van der Waals surface area contributed by atoms with Crippen LogP contribution in [0, 0.1) is 5.92 Å². The van der Waals surface area contributed by atoms with Gasteiger partial charge in [-0.1, -0.05) is 0 Å². The van der Waals surface area contributed by atoms with Gasteiger partial charge in [-0.3, -0.25) is 0 Å². The van der Waals surface area contributed by atoms with Crippen molar-refractivity contribution in [3.63, 3.8) is 0 Å². The van der Waals surface area contributed by atoms with Gasteiger partial charge in [0, 0.05) is 5.92 Å². The Balaban J connectivity index is 1.78. The largest absolute Gasteiger partial charge is 0.383 e. The van der Waals surface area contributed by atoms with E-state index in [0.717, 1.165) is 11.0 Å². The third-order valence-electron chi connectivity index (χ3n) is 3.23. The maximum atomic E-state index is 5.78. The molecule has 1 saturated heterocycles.